The first kappa shape index (κ1) is 16.8. The molecule has 8 heteroatoms. The van der Waals surface area contributed by atoms with Crippen molar-refractivity contribution < 1.29 is 19.0 Å². The second kappa shape index (κ2) is 5.44. The molecule has 0 unspecified atom stereocenters. The molecule has 0 saturated carbocycles. The molecule has 1 aromatic heterocycles. The number of carboxylic acid groups (broad SMARTS) is 1. The summed E-state index contributed by atoms with van der Waals surface area (Å²) in [6.07, 6.45) is 1.45. The summed E-state index contributed by atoms with van der Waals surface area (Å²) in [6.45, 7) is 2.66. The Balaban J connectivity index is 1.95. The van der Waals surface area contributed by atoms with Crippen molar-refractivity contribution in [3.8, 4) is 5.75 Å². The molecule has 0 radical (unpaired) electrons. The number of benzene rings is 1. The summed E-state index contributed by atoms with van der Waals surface area (Å²) >= 11 is 0. The number of rotatable bonds is 3. The average Bonchev–Trinajstić information content (AvgIpc) is 2.52. The van der Waals surface area contributed by atoms with E-state index in [1.807, 2.05) is 19.0 Å². The number of nitrogens with zero attached hydrogens (tertiary/aromatic N) is 3. The maximum atomic E-state index is 14.9. The molecule has 0 amide bonds. The number of ether oxygens (including phenoxy) is 1. The summed E-state index contributed by atoms with van der Waals surface area (Å²) in [5.74, 6) is -1.36. The summed E-state index contributed by atoms with van der Waals surface area (Å²) in [5, 5.41) is 9.79. The Hall–Kier alpha value is -2.61. The molecule has 1 atom stereocenters. The third-order valence-corrected chi connectivity index (χ3v) is 5.46. The van der Waals surface area contributed by atoms with Crippen molar-refractivity contribution in [1.29, 1.82) is 0 Å². The zero-order chi connectivity index (χ0) is 18.8. The number of hydrogen-bond acceptors (Lipinski definition) is 5. The first-order valence-corrected chi connectivity index (χ1v) is 8.40. The van der Waals surface area contributed by atoms with Gasteiger partial charge in [-0.15, -0.1) is 0 Å². The van der Waals surface area contributed by atoms with Crippen LogP contribution in [0, 0.1) is 5.82 Å². The Labute approximate surface area is 149 Å². The first-order chi connectivity index (χ1) is 12.2. The minimum absolute atomic E-state index is 0.126. The van der Waals surface area contributed by atoms with Gasteiger partial charge in [0, 0.05) is 31.4 Å². The lowest BCUT2D eigenvalue weighted by Crippen LogP contribution is -2.58. The summed E-state index contributed by atoms with van der Waals surface area (Å²) in [7, 11) is 3.94. The molecule has 1 aromatic carbocycles. The number of pyridine rings is 1. The SMILES string of the molecule is CN(C)C1CN(c2c(F)cc3c(=O)ccn4c3c2OC[C@@]4(C)C(=O)O)C1. The van der Waals surface area contributed by atoms with Crippen LogP contribution in [0.15, 0.2) is 23.1 Å². The topological polar surface area (TPSA) is 75.0 Å². The molecule has 1 fully saturated rings. The fraction of sp³-hybridized carbons (Fsp3) is 0.444. The highest BCUT2D eigenvalue weighted by molar-refractivity contribution is 5.94. The van der Waals surface area contributed by atoms with Gasteiger partial charge in [-0.1, -0.05) is 0 Å². The molecule has 0 bridgehead atoms. The fourth-order valence-corrected chi connectivity index (χ4v) is 3.59. The van der Waals surface area contributed by atoms with Crippen molar-refractivity contribution in [3.63, 3.8) is 0 Å². The van der Waals surface area contributed by atoms with Gasteiger partial charge >= 0.3 is 5.97 Å². The standard InChI is InChI=1S/C18H20FN3O4/c1-18(17(24)25)9-26-16-14-11(13(23)4-5-22(14)18)6-12(19)15(16)21-7-10(8-21)20(2)3/h4-6,10H,7-9H2,1-3H3,(H,24,25)/t18-/m0/s1. The summed E-state index contributed by atoms with van der Waals surface area (Å²) in [4.78, 5) is 28.0. The smallest absolute Gasteiger partial charge is 0.333 e. The van der Waals surface area contributed by atoms with Gasteiger partial charge in [-0.3, -0.25) is 4.79 Å². The van der Waals surface area contributed by atoms with E-state index < -0.39 is 17.3 Å². The number of anilines is 1. The van der Waals surface area contributed by atoms with Crippen LogP contribution in [-0.4, -0.2) is 60.4 Å². The lowest BCUT2D eigenvalue weighted by Gasteiger charge is -2.45. The highest BCUT2D eigenvalue weighted by atomic mass is 19.1. The minimum atomic E-state index is -1.37. The van der Waals surface area contributed by atoms with Crippen LogP contribution in [0.2, 0.25) is 0 Å². The summed E-state index contributed by atoms with van der Waals surface area (Å²) in [6, 6.07) is 2.76. The number of carboxylic acids is 1. The number of likely N-dealkylation sites (N-methyl/N-ethyl adjacent to an activating group) is 1. The largest absolute Gasteiger partial charge is 0.486 e. The van der Waals surface area contributed by atoms with Crippen LogP contribution in [0.3, 0.4) is 0 Å². The molecule has 2 aromatic rings. The normalized spacial score (nSPS) is 22.4. The van der Waals surface area contributed by atoms with Crippen molar-refractivity contribution in [2.24, 2.45) is 0 Å². The number of aromatic nitrogens is 1. The van der Waals surface area contributed by atoms with E-state index in [0.29, 0.717) is 30.3 Å². The Morgan fingerprint density at radius 1 is 1.42 bits per heavy atom. The zero-order valence-corrected chi connectivity index (χ0v) is 14.8. The summed E-state index contributed by atoms with van der Waals surface area (Å²) < 4.78 is 22.1. The zero-order valence-electron chi connectivity index (χ0n) is 14.8. The van der Waals surface area contributed by atoms with E-state index in [0.717, 1.165) is 0 Å². The van der Waals surface area contributed by atoms with Crippen molar-refractivity contribution in [3.05, 3.63) is 34.4 Å². The number of aliphatic carboxylic acids is 1. The van der Waals surface area contributed by atoms with Crippen LogP contribution in [-0.2, 0) is 10.3 Å². The van der Waals surface area contributed by atoms with E-state index in [1.165, 1.54) is 29.8 Å². The lowest BCUT2D eigenvalue weighted by atomic mass is 9.98. The minimum Gasteiger partial charge on any atom is -0.486 e. The van der Waals surface area contributed by atoms with Crippen LogP contribution in [0.25, 0.3) is 10.9 Å². The molecule has 2 aliphatic rings. The van der Waals surface area contributed by atoms with Gasteiger partial charge in [0.15, 0.2) is 22.5 Å². The van der Waals surface area contributed by atoms with Gasteiger partial charge in [0.05, 0.1) is 10.9 Å². The van der Waals surface area contributed by atoms with Crippen LogP contribution in [0.1, 0.15) is 6.92 Å². The molecular weight excluding hydrogens is 341 g/mol. The molecule has 7 nitrogen and oxygen atoms in total. The highest BCUT2D eigenvalue weighted by Crippen LogP contribution is 2.44. The second-order valence-corrected chi connectivity index (χ2v) is 7.37. The molecule has 1 saturated heterocycles. The van der Waals surface area contributed by atoms with E-state index in [4.69, 9.17) is 4.74 Å². The molecule has 1 N–H and O–H groups in total. The number of carbonyl (C=O) groups is 1. The van der Waals surface area contributed by atoms with E-state index in [1.54, 1.807) is 0 Å². The van der Waals surface area contributed by atoms with Crippen LogP contribution < -0.4 is 15.1 Å². The van der Waals surface area contributed by atoms with Gasteiger partial charge < -0.3 is 24.2 Å². The van der Waals surface area contributed by atoms with Gasteiger partial charge in [0.25, 0.3) is 0 Å². The van der Waals surface area contributed by atoms with Gasteiger partial charge in [-0.2, -0.15) is 0 Å². The van der Waals surface area contributed by atoms with Crippen LogP contribution >= 0.6 is 0 Å². The van der Waals surface area contributed by atoms with Crippen molar-refractivity contribution in [2.75, 3.05) is 38.7 Å². The van der Waals surface area contributed by atoms with Gasteiger partial charge in [-0.05, 0) is 27.1 Å². The number of halogens is 1. The number of hydrogen-bond donors (Lipinski definition) is 1. The first-order valence-electron chi connectivity index (χ1n) is 8.40. The maximum absolute atomic E-state index is 14.9. The molecule has 138 valence electrons. The Morgan fingerprint density at radius 2 is 2.12 bits per heavy atom. The molecule has 26 heavy (non-hydrogen) atoms. The quantitative estimate of drug-likeness (QED) is 0.882. The Morgan fingerprint density at radius 3 is 2.73 bits per heavy atom. The highest BCUT2D eigenvalue weighted by Gasteiger charge is 2.43. The lowest BCUT2D eigenvalue weighted by molar-refractivity contribution is -0.148. The fourth-order valence-electron chi connectivity index (χ4n) is 3.59. The Bertz CT molecular complexity index is 981. The van der Waals surface area contributed by atoms with E-state index in [2.05, 4.69) is 4.90 Å². The molecule has 4 rings (SSSR count). The predicted molar refractivity (Wildman–Crippen MR) is 94.6 cm³/mol. The van der Waals surface area contributed by atoms with Gasteiger partial charge in [0.1, 0.15) is 12.3 Å². The summed E-state index contributed by atoms with van der Waals surface area (Å²) in [5.41, 5.74) is -1.11. The van der Waals surface area contributed by atoms with E-state index in [-0.39, 0.29) is 23.2 Å². The van der Waals surface area contributed by atoms with Crippen LogP contribution in [0.4, 0.5) is 10.1 Å². The van der Waals surface area contributed by atoms with E-state index in [9.17, 15) is 19.1 Å². The molecule has 0 aliphatic carbocycles. The van der Waals surface area contributed by atoms with Crippen molar-refractivity contribution in [2.45, 2.75) is 18.5 Å². The van der Waals surface area contributed by atoms with Gasteiger partial charge in [-0.25, -0.2) is 9.18 Å². The van der Waals surface area contributed by atoms with Gasteiger partial charge in [0.2, 0.25) is 0 Å². The molecule has 3 heterocycles. The third-order valence-electron chi connectivity index (χ3n) is 5.46. The van der Waals surface area contributed by atoms with Crippen LogP contribution in [0.5, 0.6) is 5.75 Å². The van der Waals surface area contributed by atoms with Crippen molar-refractivity contribution in [1.82, 2.24) is 9.47 Å². The Kier molecular flexibility index (Phi) is 3.52. The third kappa shape index (κ3) is 2.14. The van der Waals surface area contributed by atoms with Crippen molar-refractivity contribution >= 4 is 22.6 Å². The second-order valence-electron chi connectivity index (χ2n) is 7.37. The maximum Gasteiger partial charge on any atom is 0.333 e. The monoisotopic (exact) mass is 361 g/mol. The predicted octanol–water partition coefficient (Wildman–Crippen LogP) is 1.08. The molecule has 0 spiro atoms. The molecule has 2 aliphatic heterocycles. The van der Waals surface area contributed by atoms with E-state index >= 15 is 0 Å². The molecular formula is C18H20FN3O4. The average molecular weight is 361 g/mol.